The van der Waals surface area contributed by atoms with E-state index in [1.54, 1.807) is 20.8 Å². The molecule has 0 aromatic carbocycles. The minimum atomic E-state index is -1.38. The molecule has 1 saturated heterocycles. The van der Waals surface area contributed by atoms with Crippen LogP contribution in [0, 0.1) is 0 Å². The quantitative estimate of drug-likeness (QED) is 0.821. The molecule has 0 radical (unpaired) electrons. The van der Waals surface area contributed by atoms with Gasteiger partial charge >= 0.3 is 6.09 Å². The zero-order valence-corrected chi connectivity index (χ0v) is 12.0. The molecule has 0 bridgehead atoms. The van der Waals surface area contributed by atoms with Crippen LogP contribution in [0.2, 0.25) is 0 Å². The summed E-state index contributed by atoms with van der Waals surface area (Å²) in [5.74, 6) is 0. The Morgan fingerprint density at radius 2 is 2.11 bits per heavy atom. The Labute approximate surface area is 110 Å². The highest BCUT2D eigenvalue weighted by Crippen LogP contribution is 2.23. The third-order valence-electron chi connectivity index (χ3n) is 2.49. The lowest BCUT2D eigenvalue weighted by atomic mass is 10.2. The largest absolute Gasteiger partial charge is 0.444 e. The van der Waals surface area contributed by atoms with Gasteiger partial charge in [0.15, 0.2) is 11.1 Å². The topological polar surface area (TPSA) is 76.1 Å². The van der Waals surface area contributed by atoms with Crippen LogP contribution in [-0.4, -0.2) is 57.5 Å². The Bertz CT molecular complexity index is 328. The molecule has 0 spiro atoms. The van der Waals surface area contributed by atoms with Gasteiger partial charge in [-0.2, -0.15) is 0 Å². The second-order valence-electron chi connectivity index (χ2n) is 5.32. The van der Waals surface area contributed by atoms with Gasteiger partial charge in [0.2, 0.25) is 0 Å². The molecule has 106 valence electrons. The summed E-state index contributed by atoms with van der Waals surface area (Å²) >= 11 is -1.38. The maximum atomic E-state index is 11.9. The molecule has 0 saturated carbocycles. The van der Waals surface area contributed by atoms with Gasteiger partial charge in [-0.05, 0) is 27.2 Å². The van der Waals surface area contributed by atoms with Crippen LogP contribution in [0.15, 0.2) is 0 Å². The highest BCUT2D eigenvalue weighted by Gasteiger charge is 2.38. The minimum Gasteiger partial charge on any atom is -0.444 e. The summed E-state index contributed by atoms with van der Waals surface area (Å²) in [4.78, 5) is 13.4. The summed E-state index contributed by atoms with van der Waals surface area (Å²) < 4.78 is 21.4. The molecule has 7 heteroatoms. The molecule has 3 atom stereocenters. The summed E-state index contributed by atoms with van der Waals surface area (Å²) in [6, 6.07) is -0.339. The summed E-state index contributed by atoms with van der Waals surface area (Å²) in [5.41, 5.74) is -0.580. The highest BCUT2D eigenvalue weighted by molar-refractivity contribution is 7.79. The molecule has 1 fully saturated rings. The zero-order valence-electron chi connectivity index (χ0n) is 11.2. The first-order chi connectivity index (χ1) is 8.23. The first kappa shape index (κ1) is 15.4. The normalized spacial score (nSPS) is 26.2. The summed E-state index contributed by atoms with van der Waals surface area (Å²) in [6.07, 6.45) is 1.11. The third kappa shape index (κ3) is 4.55. The van der Waals surface area contributed by atoms with Crippen LogP contribution >= 0.6 is 0 Å². The Kier molecular flexibility index (Phi) is 5.12. The van der Waals surface area contributed by atoms with Crippen LogP contribution in [0.5, 0.6) is 0 Å². The predicted octanol–water partition coefficient (Wildman–Crippen LogP) is 0.667. The Morgan fingerprint density at radius 1 is 1.50 bits per heavy atom. The van der Waals surface area contributed by atoms with E-state index in [1.807, 2.05) is 0 Å². The number of aliphatic hydroxyl groups is 1. The Balaban J connectivity index is 2.64. The van der Waals surface area contributed by atoms with Gasteiger partial charge in [0.1, 0.15) is 5.60 Å². The number of ether oxygens (including phenoxy) is 1. The van der Waals surface area contributed by atoms with Gasteiger partial charge in [-0.3, -0.25) is 4.18 Å². The molecule has 1 amide bonds. The van der Waals surface area contributed by atoms with Gasteiger partial charge < -0.3 is 14.7 Å². The van der Waals surface area contributed by atoms with E-state index >= 15 is 0 Å². The summed E-state index contributed by atoms with van der Waals surface area (Å²) in [5, 5.41) is 9.25. The SMILES string of the molecule is CS(=O)OC1CC(CO)N(C(=O)OC(C)(C)C)C1. The number of carbonyl (C=O) groups excluding carboxylic acids is 1. The molecular weight excluding hydrogens is 258 g/mol. The molecule has 3 unspecified atom stereocenters. The molecule has 1 rings (SSSR count). The molecule has 1 heterocycles. The second kappa shape index (κ2) is 5.99. The van der Waals surface area contributed by atoms with Crippen LogP contribution in [0.25, 0.3) is 0 Å². The average Bonchev–Trinajstić information content (AvgIpc) is 2.57. The number of carbonyl (C=O) groups is 1. The fourth-order valence-corrected chi connectivity index (χ4v) is 2.38. The molecule has 0 aliphatic carbocycles. The van der Waals surface area contributed by atoms with E-state index in [9.17, 15) is 14.1 Å². The first-order valence-electron chi connectivity index (χ1n) is 5.84. The van der Waals surface area contributed by atoms with E-state index < -0.39 is 22.8 Å². The van der Waals surface area contributed by atoms with Gasteiger partial charge in [0.05, 0.1) is 25.3 Å². The summed E-state index contributed by atoms with van der Waals surface area (Å²) in [7, 11) is 0. The maximum absolute atomic E-state index is 11.9. The van der Waals surface area contributed by atoms with Crippen LogP contribution in [0.4, 0.5) is 4.79 Å². The van der Waals surface area contributed by atoms with E-state index in [-0.39, 0.29) is 18.8 Å². The molecule has 6 nitrogen and oxygen atoms in total. The number of likely N-dealkylation sites (tertiary alicyclic amines) is 1. The van der Waals surface area contributed by atoms with Crippen molar-refractivity contribution in [1.29, 1.82) is 0 Å². The van der Waals surface area contributed by atoms with E-state index in [0.717, 1.165) is 0 Å². The smallest absolute Gasteiger partial charge is 0.410 e. The average molecular weight is 279 g/mol. The van der Waals surface area contributed by atoms with Crippen LogP contribution < -0.4 is 0 Å². The highest BCUT2D eigenvalue weighted by atomic mass is 32.2. The van der Waals surface area contributed by atoms with E-state index in [0.29, 0.717) is 13.0 Å². The van der Waals surface area contributed by atoms with Crippen molar-refractivity contribution in [3.63, 3.8) is 0 Å². The number of nitrogens with zero attached hydrogens (tertiary/aromatic N) is 1. The number of rotatable bonds is 3. The fourth-order valence-electron chi connectivity index (χ4n) is 1.85. The lowest BCUT2D eigenvalue weighted by Crippen LogP contribution is -2.41. The number of hydrogen-bond donors (Lipinski definition) is 1. The Morgan fingerprint density at radius 3 is 2.56 bits per heavy atom. The third-order valence-corrected chi connectivity index (χ3v) is 3.03. The Hall–Kier alpha value is -0.660. The second-order valence-corrected chi connectivity index (χ2v) is 6.32. The van der Waals surface area contributed by atoms with Crippen molar-refractivity contribution in [2.45, 2.75) is 44.9 Å². The molecule has 1 aliphatic heterocycles. The van der Waals surface area contributed by atoms with Crippen molar-refractivity contribution >= 4 is 17.2 Å². The molecule has 18 heavy (non-hydrogen) atoms. The van der Waals surface area contributed by atoms with Crippen molar-refractivity contribution in [3.05, 3.63) is 0 Å². The van der Waals surface area contributed by atoms with Gasteiger partial charge in [-0.1, -0.05) is 0 Å². The standard InChI is InChI=1S/C11H21NO5S/c1-11(2,3)16-10(14)12-6-9(17-18(4)15)5-8(12)7-13/h8-9,13H,5-7H2,1-4H3. The van der Waals surface area contributed by atoms with Crippen LogP contribution in [-0.2, 0) is 20.0 Å². The molecule has 1 aliphatic rings. The molecular formula is C11H21NO5S. The van der Waals surface area contributed by atoms with E-state index in [2.05, 4.69) is 0 Å². The van der Waals surface area contributed by atoms with Crippen LogP contribution in [0.1, 0.15) is 27.2 Å². The van der Waals surface area contributed by atoms with Gasteiger partial charge in [0, 0.05) is 6.26 Å². The number of aliphatic hydroxyl groups excluding tert-OH is 1. The van der Waals surface area contributed by atoms with E-state index in [4.69, 9.17) is 8.92 Å². The van der Waals surface area contributed by atoms with Crippen LogP contribution in [0.3, 0.4) is 0 Å². The van der Waals surface area contributed by atoms with Gasteiger partial charge in [-0.15, -0.1) is 0 Å². The minimum absolute atomic E-state index is 0.157. The zero-order chi connectivity index (χ0) is 13.9. The van der Waals surface area contributed by atoms with Crippen molar-refractivity contribution in [2.75, 3.05) is 19.4 Å². The van der Waals surface area contributed by atoms with Gasteiger partial charge in [-0.25, -0.2) is 9.00 Å². The number of amides is 1. The van der Waals surface area contributed by atoms with Gasteiger partial charge in [0.25, 0.3) is 0 Å². The first-order valence-corrected chi connectivity index (χ1v) is 7.32. The monoisotopic (exact) mass is 279 g/mol. The fraction of sp³-hybridized carbons (Fsp3) is 0.909. The van der Waals surface area contributed by atoms with Crippen molar-refractivity contribution in [1.82, 2.24) is 4.90 Å². The molecule has 0 aromatic rings. The number of hydrogen-bond acceptors (Lipinski definition) is 5. The van der Waals surface area contributed by atoms with Crippen molar-refractivity contribution in [3.8, 4) is 0 Å². The van der Waals surface area contributed by atoms with E-state index in [1.165, 1.54) is 11.2 Å². The predicted molar refractivity (Wildman–Crippen MR) is 67.4 cm³/mol. The van der Waals surface area contributed by atoms with Crippen molar-refractivity contribution in [2.24, 2.45) is 0 Å². The van der Waals surface area contributed by atoms with Crippen molar-refractivity contribution < 1.29 is 23.0 Å². The lowest BCUT2D eigenvalue weighted by Gasteiger charge is -2.27. The lowest BCUT2D eigenvalue weighted by molar-refractivity contribution is 0.0166. The maximum Gasteiger partial charge on any atom is 0.410 e. The molecule has 1 N–H and O–H groups in total. The molecule has 0 aromatic heterocycles. The summed E-state index contributed by atoms with van der Waals surface area (Å²) in [6.45, 7) is 5.48.